The first-order chi connectivity index (χ1) is 8.67. The smallest absolute Gasteiger partial charge is 0.233 e. The van der Waals surface area contributed by atoms with E-state index in [0.29, 0.717) is 19.5 Å². The minimum absolute atomic E-state index is 0.0257. The van der Waals surface area contributed by atoms with Gasteiger partial charge in [-0.2, -0.15) is 0 Å². The zero-order valence-corrected chi connectivity index (χ0v) is 11.2. The molecule has 0 aromatic heterocycles. The highest BCUT2D eigenvalue weighted by Crippen LogP contribution is 2.05. The van der Waals surface area contributed by atoms with E-state index in [9.17, 15) is 9.59 Å². The molecule has 0 aliphatic carbocycles. The molecule has 1 aliphatic rings. The van der Waals surface area contributed by atoms with Crippen LogP contribution in [0.2, 0.25) is 0 Å². The van der Waals surface area contributed by atoms with Crippen LogP contribution >= 0.6 is 0 Å². The van der Waals surface area contributed by atoms with Crippen LogP contribution in [0.3, 0.4) is 0 Å². The third kappa shape index (κ3) is 5.01. The molecule has 0 bridgehead atoms. The molecule has 1 rings (SSSR count). The Labute approximate surface area is 108 Å². The summed E-state index contributed by atoms with van der Waals surface area (Å²) in [5.41, 5.74) is 5.40. The van der Waals surface area contributed by atoms with Crippen molar-refractivity contribution >= 4 is 11.8 Å². The Morgan fingerprint density at radius 1 is 1.17 bits per heavy atom. The van der Waals surface area contributed by atoms with E-state index in [1.807, 2.05) is 4.90 Å². The monoisotopic (exact) mass is 256 g/mol. The van der Waals surface area contributed by atoms with Crippen molar-refractivity contribution < 1.29 is 9.59 Å². The second kappa shape index (κ2) is 8.05. The van der Waals surface area contributed by atoms with E-state index in [1.165, 1.54) is 0 Å². The third-order valence-electron chi connectivity index (χ3n) is 3.22. The normalized spacial score (nSPS) is 16.7. The van der Waals surface area contributed by atoms with Crippen LogP contribution in [0.5, 0.6) is 0 Å². The zero-order chi connectivity index (χ0) is 13.4. The number of nitrogens with two attached hydrogens (primary N) is 1. The van der Waals surface area contributed by atoms with Crippen LogP contribution in [0, 0.1) is 0 Å². The van der Waals surface area contributed by atoms with Gasteiger partial charge in [0.2, 0.25) is 11.8 Å². The molecule has 0 radical (unpaired) electrons. The van der Waals surface area contributed by atoms with Gasteiger partial charge in [0.1, 0.15) is 0 Å². The van der Waals surface area contributed by atoms with Crippen molar-refractivity contribution in [3.8, 4) is 0 Å². The Hall–Kier alpha value is -1.14. The Balaban J connectivity index is 2.22. The molecule has 2 amide bonds. The third-order valence-corrected chi connectivity index (χ3v) is 3.22. The highest BCUT2D eigenvalue weighted by atomic mass is 16.2. The Kier molecular flexibility index (Phi) is 6.67. The topological polar surface area (TPSA) is 78.7 Å². The number of piperazine rings is 1. The number of unbranched alkanes of at least 4 members (excludes halogenated alkanes) is 1. The lowest BCUT2D eigenvalue weighted by Crippen LogP contribution is -2.50. The van der Waals surface area contributed by atoms with Crippen LogP contribution in [0.4, 0.5) is 0 Å². The number of rotatable bonds is 6. The lowest BCUT2D eigenvalue weighted by atomic mass is 10.2. The van der Waals surface area contributed by atoms with E-state index < -0.39 is 0 Å². The number of amides is 2. The summed E-state index contributed by atoms with van der Waals surface area (Å²) in [4.78, 5) is 27.0. The van der Waals surface area contributed by atoms with Gasteiger partial charge in [0, 0.05) is 39.6 Å². The molecule has 0 unspecified atom stereocenters. The molecule has 0 saturated carbocycles. The van der Waals surface area contributed by atoms with Crippen LogP contribution < -0.4 is 11.1 Å². The fourth-order valence-corrected chi connectivity index (χ4v) is 2.02. The minimum Gasteiger partial charge on any atom is -0.358 e. The van der Waals surface area contributed by atoms with Crippen molar-refractivity contribution in [1.82, 2.24) is 15.1 Å². The quantitative estimate of drug-likeness (QED) is 0.598. The summed E-state index contributed by atoms with van der Waals surface area (Å²) >= 11 is 0. The Morgan fingerprint density at radius 3 is 2.39 bits per heavy atom. The highest BCUT2D eigenvalue weighted by molar-refractivity contribution is 5.78. The summed E-state index contributed by atoms with van der Waals surface area (Å²) in [5, 5.41) is 2.61. The lowest BCUT2D eigenvalue weighted by molar-refractivity contribution is -0.133. The van der Waals surface area contributed by atoms with Gasteiger partial charge in [-0.25, -0.2) is 0 Å². The summed E-state index contributed by atoms with van der Waals surface area (Å²) < 4.78 is 0. The van der Waals surface area contributed by atoms with E-state index in [1.54, 1.807) is 7.05 Å². The fourth-order valence-electron chi connectivity index (χ4n) is 2.02. The van der Waals surface area contributed by atoms with Gasteiger partial charge in [-0.05, 0) is 19.4 Å². The molecule has 104 valence electrons. The van der Waals surface area contributed by atoms with Gasteiger partial charge in [0.15, 0.2) is 0 Å². The average molecular weight is 256 g/mol. The molecular formula is C12H24N4O2. The molecule has 0 aromatic carbocycles. The maximum absolute atomic E-state index is 11.8. The van der Waals surface area contributed by atoms with Crippen molar-refractivity contribution in [3.05, 3.63) is 0 Å². The van der Waals surface area contributed by atoms with Crippen LogP contribution in [-0.4, -0.2) is 67.9 Å². The molecule has 18 heavy (non-hydrogen) atoms. The maximum atomic E-state index is 11.8. The minimum atomic E-state index is 0.0257. The molecule has 6 nitrogen and oxygen atoms in total. The average Bonchev–Trinajstić information content (AvgIpc) is 2.39. The standard InChI is InChI=1S/C12H24N4O2/c1-14-11(17)10-15-6-8-16(9-7-15)12(18)4-2-3-5-13/h2-10,13H2,1H3,(H,14,17). The maximum Gasteiger partial charge on any atom is 0.233 e. The molecular weight excluding hydrogens is 232 g/mol. The molecule has 3 N–H and O–H groups in total. The SMILES string of the molecule is CNC(=O)CN1CCN(C(=O)CCCCN)CC1. The number of likely N-dealkylation sites (N-methyl/N-ethyl adjacent to an activating group) is 1. The van der Waals surface area contributed by atoms with Gasteiger partial charge in [-0.15, -0.1) is 0 Å². The predicted molar refractivity (Wildman–Crippen MR) is 70.0 cm³/mol. The number of carbonyl (C=O) groups is 2. The van der Waals surface area contributed by atoms with Gasteiger partial charge in [-0.1, -0.05) is 0 Å². The summed E-state index contributed by atoms with van der Waals surface area (Å²) in [5.74, 6) is 0.237. The van der Waals surface area contributed by atoms with Crippen LogP contribution in [0.25, 0.3) is 0 Å². The van der Waals surface area contributed by atoms with Crippen molar-refractivity contribution in [2.75, 3.05) is 46.3 Å². The van der Waals surface area contributed by atoms with Gasteiger partial charge < -0.3 is 16.0 Å². The van der Waals surface area contributed by atoms with Crippen LogP contribution in [-0.2, 0) is 9.59 Å². The van der Waals surface area contributed by atoms with Gasteiger partial charge in [-0.3, -0.25) is 14.5 Å². The second-order valence-electron chi connectivity index (χ2n) is 4.58. The fraction of sp³-hybridized carbons (Fsp3) is 0.833. The van der Waals surface area contributed by atoms with Crippen molar-refractivity contribution in [2.24, 2.45) is 5.73 Å². The highest BCUT2D eigenvalue weighted by Gasteiger charge is 2.21. The lowest BCUT2D eigenvalue weighted by Gasteiger charge is -2.34. The number of nitrogens with zero attached hydrogens (tertiary/aromatic N) is 2. The zero-order valence-electron chi connectivity index (χ0n) is 11.2. The molecule has 1 heterocycles. The number of hydrogen-bond acceptors (Lipinski definition) is 4. The molecule has 6 heteroatoms. The first-order valence-corrected chi connectivity index (χ1v) is 6.58. The summed E-state index contributed by atoms with van der Waals surface area (Å²) in [7, 11) is 1.64. The van der Waals surface area contributed by atoms with Crippen molar-refractivity contribution in [1.29, 1.82) is 0 Å². The van der Waals surface area contributed by atoms with Gasteiger partial charge in [0.05, 0.1) is 6.54 Å². The van der Waals surface area contributed by atoms with Gasteiger partial charge in [0.25, 0.3) is 0 Å². The predicted octanol–water partition coefficient (Wildman–Crippen LogP) is -0.994. The molecule has 1 fully saturated rings. The van der Waals surface area contributed by atoms with E-state index in [0.717, 1.165) is 39.0 Å². The second-order valence-corrected chi connectivity index (χ2v) is 4.58. The number of hydrogen-bond donors (Lipinski definition) is 2. The molecule has 1 saturated heterocycles. The summed E-state index contributed by atoms with van der Waals surface area (Å²) in [6.07, 6.45) is 2.36. The van der Waals surface area contributed by atoms with Crippen LogP contribution in [0.15, 0.2) is 0 Å². The van der Waals surface area contributed by atoms with Crippen molar-refractivity contribution in [3.63, 3.8) is 0 Å². The first-order valence-electron chi connectivity index (χ1n) is 6.58. The van der Waals surface area contributed by atoms with E-state index in [4.69, 9.17) is 5.73 Å². The first kappa shape index (κ1) is 14.9. The van der Waals surface area contributed by atoms with E-state index >= 15 is 0 Å². The Bertz CT molecular complexity index is 275. The number of nitrogens with one attached hydrogen (secondary N) is 1. The van der Waals surface area contributed by atoms with Crippen LogP contribution in [0.1, 0.15) is 19.3 Å². The van der Waals surface area contributed by atoms with E-state index in [2.05, 4.69) is 10.2 Å². The Morgan fingerprint density at radius 2 is 1.83 bits per heavy atom. The largest absolute Gasteiger partial charge is 0.358 e. The van der Waals surface area contributed by atoms with E-state index in [-0.39, 0.29) is 11.8 Å². The van der Waals surface area contributed by atoms with Crippen molar-refractivity contribution in [2.45, 2.75) is 19.3 Å². The summed E-state index contributed by atoms with van der Waals surface area (Å²) in [6.45, 7) is 4.06. The molecule has 0 aromatic rings. The number of carbonyl (C=O) groups excluding carboxylic acids is 2. The van der Waals surface area contributed by atoms with Gasteiger partial charge >= 0.3 is 0 Å². The molecule has 0 atom stereocenters. The molecule has 1 aliphatic heterocycles. The molecule has 0 spiro atoms. The summed E-state index contributed by atoms with van der Waals surface area (Å²) in [6, 6.07) is 0.